The topological polar surface area (TPSA) is 58.2 Å². The molecule has 0 saturated carbocycles. The highest BCUT2D eigenvalue weighted by Crippen LogP contribution is 2.23. The predicted molar refractivity (Wildman–Crippen MR) is 95.0 cm³/mol. The summed E-state index contributed by atoms with van der Waals surface area (Å²) >= 11 is 5.33. The van der Waals surface area contributed by atoms with E-state index in [1.807, 2.05) is 43.3 Å². The Labute approximate surface area is 135 Å². The van der Waals surface area contributed by atoms with Crippen LogP contribution in [0, 0.1) is 0 Å². The Bertz CT molecular complexity index is 833. The summed E-state index contributed by atoms with van der Waals surface area (Å²) in [4.78, 5) is 0. The molecule has 3 rings (SSSR count). The quantitative estimate of drug-likeness (QED) is 0.827. The van der Waals surface area contributed by atoms with Gasteiger partial charge in [-0.25, -0.2) is 8.42 Å². The Balaban J connectivity index is 1.71. The van der Waals surface area contributed by atoms with Crippen molar-refractivity contribution in [2.45, 2.75) is 18.9 Å². The molecule has 1 atom stereocenters. The van der Waals surface area contributed by atoms with E-state index in [1.54, 1.807) is 0 Å². The Morgan fingerprint density at radius 3 is 2.59 bits per heavy atom. The maximum atomic E-state index is 11.6. The monoisotopic (exact) mass is 334 g/mol. The van der Waals surface area contributed by atoms with Crippen LogP contribution < -0.4 is 10.6 Å². The van der Waals surface area contributed by atoms with Gasteiger partial charge in [-0.2, -0.15) is 0 Å². The van der Waals surface area contributed by atoms with Crippen LogP contribution in [-0.2, 0) is 9.84 Å². The van der Waals surface area contributed by atoms with Gasteiger partial charge in [0.2, 0.25) is 0 Å². The van der Waals surface area contributed by atoms with Crippen molar-refractivity contribution in [3.8, 4) is 0 Å². The zero-order chi connectivity index (χ0) is 15.8. The normalized spacial score (nSPS) is 23.3. The Morgan fingerprint density at radius 2 is 1.91 bits per heavy atom. The third-order valence-electron chi connectivity index (χ3n) is 3.93. The van der Waals surface area contributed by atoms with Crippen molar-refractivity contribution in [1.82, 2.24) is 5.32 Å². The van der Waals surface area contributed by atoms with Crippen LogP contribution in [0.15, 0.2) is 42.5 Å². The molecule has 6 heteroatoms. The second kappa shape index (κ2) is 5.52. The maximum Gasteiger partial charge on any atom is 0.171 e. The first-order valence-electron chi connectivity index (χ1n) is 7.14. The van der Waals surface area contributed by atoms with E-state index >= 15 is 0 Å². The number of thiocarbonyl (C=S) groups is 1. The lowest BCUT2D eigenvalue weighted by Crippen LogP contribution is -2.48. The van der Waals surface area contributed by atoms with Gasteiger partial charge in [-0.3, -0.25) is 0 Å². The summed E-state index contributed by atoms with van der Waals surface area (Å²) in [5, 5.41) is 9.04. The number of hydrogen-bond donors (Lipinski definition) is 2. The van der Waals surface area contributed by atoms with Crippen molar-refractivity contribution in [1.29, 1.82) is 0 Å². The maximum absolute atomic E-state index is 11.6. The summed E-state index contributed by atoms with van der Waals surface area (Å²) in [5.41, 5.74) is 0.403. The highest BCUT2D eigenvalue weighted by molar-refractivity contribution is 7.91. The van der Waals surface area contributed by atoms with E-state index in [-0.39, 0.29) is 11.5 Å². The van der Waals surface area contributed by atoms with Crippen LogP contribution in [0.1, 0.15) is 13.3 Å². The molecule has 1 fully saturated rings. The molecule has 0 aliphatic carbocycles. The molecule has 0 amide bonds. The van der Waals surface area contributed by atoms with Gasteiger partial charge in [0, 0.05) is 5.69 Å². The molecule has 0 aromatic heterocycles. The minimum Gasteiger partial charge on any atom is -0.356 e. The Hall–Kier alpha value is -1.66. The molecule has 1 heterocycles. The van der Waals surface area contributed by atoms with Crippen molar-refractivity contribution in [3.05, 3.63) is 42.5 Å². The highest BCUT2D eigenvalue weighted by Gasteiger charge is 2.38. The summed E-state index contributed by atoms with van der Waals surface area (Å²) in [6.07, 6.45) is 0.578. The minimum absolute atomic E-state index is 0.125. The van der Waals surface area contributed by atoms with Gasteiger partial charge in [-0.15, -0.1) is 0 Å². The van der Waals surface area contributed by atoms with Crippen LogP contribution in [0.25, 0.3) is 10.8 Å². The van der Waals surface area contributed by atoms with Crippen LogP contribution >= 0.6 is 12.2 Å². The summed E-state index contributed by atoms with van der Waals surface area (Å²) < 4.78 is 23.3. The summed E-state index contributed by atoms with van der Waals surface area (Å²) in [6.45, 7) is 1.89. The van der Waals surface area contributed by atoms with Crippen molar-refractivity contribution >= 4 is 43.6 Å². The van der Waals surface area contributed by atoms with Crippen LogP contribution in [0.3, 0.4) is 0 Å². The first kappa shape index (κ1) is 15.2. The zero-order valence-electron chi connectivity index (χ0n) is 12.3. The Morgan fingerprint density at radius 1 is 1.18 bits per heavy atom. The fourth-order valence-corrected chi connectivity index (χ4v) is 5.27. The molecule has 116 valence electrons. The third-order valence-corrected chi connectivity index (χ3v) is 6.03. The highest BCUT2D eigenvalue weighted by atomic mass is 32.2. The Kier molecular flexibility index (Phi) is 3.82. The molecular weight excluding hydrogens is 316 g/mol. The van der Waals surface area contributed by atoms with Gasteiger partial charge in [0.25, 0.3) is 0 Å². The van der Waals surface area contributed by atoms with Crippen LogP contribution in [0.4, 0.5) is 5.69 Å². The van der Waals surface area contributed by atoms with E-state index in [2.05, 4.69) is 16.7 Å². The van der Waals surface area contributed by atoms with E-state index in [0.29, 0.717) is 11.5 Å². The molecule has 2 N–H and O–H groups in total. The summed E-state index contributed by atoms with van der Waals surface area (Å²) in [6, 6.07) is 14.1. The largest absolute Gasteiger partial charge is 0.356 e. The molecule has 2 aromatic carbocycles. The van der Waals surface area contributed by atoms with E-state index in [0.717, 1.165) is 11.1 Å². The average Bonchev–Trinajstić information content (AvgIpc) is 2.72. The molecule has 1 saturated heterocycles. The SMILES string of the molecule is C[C@]1(NC(=S)Nc2ccc3ccccc3c2)CCS(=O)(=O)C1. The molecule has 0 radical (unpaired) electrons. The second-order valence-corrected chi connectivity index (χ2v) is 8.64. The number of hydrogen-bond acceptors (Lipinski definition) is 3. The van der Waals surface area contributed by atoms with E-state index in [9.17, 15) is 8.42 Å². The number of anilines is 1. The van der Waals surface area contributed by atoms with Gasteiger partial charge in [-0.1, -0.05) is 30.3 Å². The predicted octanol–water partition coefficient (Wildman–Crippen LogP) is 2.70. The number of benzene rings is 2. The van der Waals surface area contributed by atoms with Crippen LogP contribution in [-0.4, -0.2) is 30.6 Å². The van der Waals surface area contributed by atoms with E-state index in [1.165, 1.54) is 5.39 Å². The van der Waals surface area contributed by atoms with Gasteiger partial charge in [0.05, 0.1) is 17.0 Å². The molecule has 1 aliphatic heterocycles. The van der Waals surface area contributed by atoms with Gasteiger partial charge in [-0.05, 0) is 48.5 Å². The molecule has 4 nitrogen and oxygen atoms in total. The molecule has 0 bridgehead atoms. The first-order valence-corrected chi connectivity index (χ1v) is 9.37. The molecule has 0 unspecified atom stereocenters. The van der Waals surface area contributed by atoms with Crippen molar-refractivity contribution in [2.24, 2.45) is 0 Å². The number of sulfone groups is 1. The lowest BCUT2D eigenvalue weighted by Gasteiger charge is -2.26. The van der Waals surface area contributed by atoms with Crippen molar-refractivity contribution in [3.63, 3.8) is 0 Å². The van der Waals surface area contributed by atoms with Gasteiger partial charge < -0.3 is 10.6 Å². The smallest absolute Gasteiger partial charge is 0.171 e. The van der Waals surface area contributed by atoms with Crippen molar-refractivity contribution in [2.75, 3.05) is 16.8 Å². The van der Waals surface area contributed by atoms with E-state index in [4.69, 9.17) is 12.2 Å². The summed E-state index contributed by atoms with van der Waals surface area (Å²) in [7, 11) is -2.95. The molecule has 22 heavy (non-hydrogen) atoms. The standard InChI is InChI=1S/C16H18N2O2S2/c1-16(8-9-22(19,20)11-16)18-15(21)17-14-7-6-12-4-2-3-5-13(12)10-14/h2-7,10H,8-9,11H2,1H3,(H2,17,18,21)/t16-/m0/s1. The van der Waals surface area contributed by atoms with Crippen LogP contribution in [0.2, 0.25) is 0 Å². The fourth-order valence-electron chi connectivity index (χ4n) is 2.81. The molecule has 1 aliphatic rings. The number of fused-ring (bicyclic) bond motifs is 1. The molecule has 2 aromatic rings. The average molecular weight is 334 g/mol. The summed E-state index contributed by atoms with van der Waals surface area (Å²) in [5.74, 6) is 0.342. The number of rotatable bonds is 2. The fraction of sp³-hybridized carbons (Fsp3) is 0.312. The zero-order valence-corrected chi connectivity index (χ0v) is 13.9. The minimum atomic E-state index is -2.95. The number of nitrogens with one attached hydrogen (secondary N) is 2. The molecular formula is C16H18N2O2S2. The first-order chi connectivity index (χ1) is 10.4. The second-order valence-electron chi connectivity index (χ2n) is 6.04. The van der Waals surface area contributed by atoms with Gasteiger partial charge >= 0.3 is 0 Å². The molecule has 0 spiro atoms. The van der Waals surface area contributed by atoms with Gasteiger partial charge in [0.1, 0.15) is 0 Å². The lowest BCUT2D eigenvalue weighted by molar-refractivity contribution is 0.474. The van der Waals surface area contributed by atoms with E-state index < -0.39 is 15.4 Å². The van der Waals surface area contributed by atoms with Crippen molar-refractivity contribution < 1.29 is 8.42 Å². The van der Waals surface area contributed by atoms with Gasteiger partial charge in [0.15, 0.2) is 14.9 Å². The lowest BCUT2D eigenvalue weighted by atomic mass is 10.0. The van der Waals surface area contributed by atoms with Crippen LogP contribution in [0.5, 0.6) is 0 Å². The third kappa shape index (κ3) is 3.39.